The number of hydrogen-bond acceptors (Lipinski definition) is 5. The molecule has 1 saturated heterocycles. The maximum atomic E-state index is 5.89. The zero-order valence-electron chi connectivity index (χ0n) is 14.3. The van der Waals surface area contributed by atoms with Crippen molar-refractivity contribution in [3.05, 3.63) is 12.4 Å². The Hall–Kier alpha value is -1.36. The number of rotatable bonds is 7. The monoisotopic (exact) mass is 318 g/mol. The van der Waals surface area contributed by atoms with E-state index in [9.17, 15) is 0 Å². The van der Waals surface area contributed by atoms with Crippen molar-refractivity contribution in [2.24, 2.45) is 5.92 Å². The van der Waals surface area contributed by atoms with Gasteiger partial charge in [-0.1, -0.05) is 19.8 Å². The molecule has 0 spiro atoms. The lowest BCUT2D eigenvalue weighted by Gasteiger charge is -2.31. The number of anilines is 2. The molecule has 0 bridgehead atoms. The fraction of sp³-hybridized carbons (Fsp3) is 0.778. The van der Waals surface area contributed by atoms with Crippen LogP contribution in [0.15, 0.2) is 12.4 Å². The highest BCUT2D eigenvalue weighted by molar-refractivity contribution is 5.48. The van der Waals surface area contributed by atoms with Gasteiger partial charge in [0.25, 0.3) is 0 Å². The van der Waals surface area contributed by atoms with Crippen LogP contribution in [0.5, 0.6) is 0 Å². The van der Waals surface area contributed by atoms with Crippen LogP contribution in [-0.2, 0) is 4.74 Å². The lowest BCUT2D eigenvalue weighted by Crippen LogP contribution is -2.34. The molecule has 5 nitrogen and oxygen atoms in total. The predicted octanol–water partition coefficient (Wildman–Crippen LogP) is 3.47. The van der Waals surface area contributed by atoms with Crippen molar-refractivity contribution in [1.82, 2.24) is 9.97 Å². The molecule has 0 amide bonds. The molecule has 0 radical (unpaired) electrons. The summed E-state index contributed by atoms with van der Waals surface area (Å²) in [6.45, 7) is 6.28. The van der Waals surface area contributed by atoms with Crippen LogP contribution in [0, 0.1) is 5.92 Å². The fourth-order valence-corrected chi connectivity index (χ4v) is 3.61. The molecule has 1 atom stereocenters. The molecule has 1 aliphatic carbocycles. The summed E-state index contributed by atoms with van der Waals surface area (Å²) in [5.74, 6) is 2.73. The van der Waals surface area contributed by atoms with Crippen molar-refractivity contribution >= 4 is 11.6 Å². The average Bonchev–Trinajstić information content (AvgIpc) is 3.08. The summed E-state index contributed by atoms with van der Waals surface area (Å²) < 4.78 is 5.89. The van der Waals surface area contributed by atoms with E-state index in [2.05, 4.69) is 33.2 Å². The zero-order chi connectivity index (χ0) is 15.9. The highest BCUT2D eigenvalue weighted by Crippen LogP contribution is 2.22. The van der Waals surface area contributed by atoms with Gasteiger partial charge in [-0.2, -0.15) is 0 Å². The van der Waals surface area contributed by atoms with E-state index >= 15 is 0 Å². The molecule has 1 N–H and O–H groups in total. The molecule has 5 heteroatoms. The van der Waals surface area contributed by atoms with Crippen LogP contribution in [0.1, 0.15) is 51.9 Å². The first-order valence-corrected chi connectivity index (χ1v) is 9.24. The summed E-state index contributed by atoms with van der Waals surface area (Å²) in [7, 11) is 0. The molecular weight excluding hydrogens is 288 g/mol. The van der Waals surface area contributed by atoms with Gasteiger partial charge in [0.15, 0.2) is 0 Å². The Labute approximate surface area is 139 Å². The van der Waals surface area contributed by atoms with Gasteiger partial charge in [0.2, 0.25) is 0 Å². The fourth-order valence-electron chi connectivity index (χ4n) is 3.61. The number of aromatic nitrogens is 2. The molecule has 23 heavy (non-hydrogen) atoms. The summed E-state index contributed by atoms with van der Waals surface area (Å²) in [5, 5.41) is 3.40. The van der Waals surface area contributed by atoms with Crippen molar-refractivity contribution in [3.8, 4) is 0 Å². The van der Waals surface area contributed by atoms with Gasteiger partial charge in [-0.3, -0.25) is 0 Å². The average molecular weight is 318 g/mol. The second-order valence-corrected chi connectivity index (χ2v) is 7.01. The number of hydrogen-bond donors (Lipinski definition) is 1. The standard InChI is InChI=1S/C18H30N4O/c1-15-6-4-10-22(13-15)18-12-17(20-14-21-18)19-9-5-11-23-16-7-2-3-8-16/h12,14-16H,2-11,13H2,1H3,(H,19,20,21). The van der Waals surface area contributed by atoms with Crippen LogP contribution in [0.25, 0.3) is 0 Å². The predicted molar refractivity (Wildman–Crippen MR) is 94.0 cm³/mol. The summed E-state index contributed by atoms with van der Waals surface area (Å²) in [6, 6.07) is 2.08. The second kappa shape index (κ2) is 8.48. The van der Waals surface area contributed by atoms with Crippen molar-refractivity contribution in [1.29, 1.82) is 0 Å². The van der Waals surface area contributed by atoms with Crippen molar-refractivity contribution in [2.75, 3.05) is 36.5 Å². The van der Waals surface area contributed by atoms with Crippen molar-refractivity contribution in [2.45, 2.75) is 58.0 Å². The van der Waals surface area contributed by atoms with E-state index in [1.54, 1.807) is 6.33 Å². The van der Waals surface area contributed by atoms with Gasteiger partial charge in [-0.05, 0) is 38.0 Å². The Balaban J connectivity index is 1.40. The third-order valence-electron chi connectivity index (χ3n) is 4.92. The molecule has 1 aromatic rings. The van der Waals surface area contributed by atoms with Crippen LogP contribution < -0.4 is 10.2 Å². The third-order valence-corrected chi connectivity index (χ3v) is 4.92. The Morgan fingerprint density at radius 2 is 2.09 bits per heavy atom. The first-order chi connectivity index (χ1) is 11.3. The highest BCUT2D eigenvalue weighted by Gasteiger charge is 2.18. The Morgan fingerprint density at radius 3 is 2.91 bits per heavy atom. The molecule has 2 fully saturated rings. The smallest absolute Gasteiger partial charge is 0.134 e. The van der Waals surface area contributed by atoms with Gasteiger partial charge in [0.1, 0.15) is 18.0 Å². The summed E-state index contributed by atoms with van der Waals surface area (Å²) >= 11 is 0. The second-order valence-electron chi connectivity index (χ2n) is 7.01. The molecule has 2 aliphatic rings. The first kappa shape index (κ1) is 16.5. The molecule has 1 saturated carbocycles. The Bertz CT molecular complexity index is 476. The van der Waals surface area contributed by atoms with Crippen LogP contribution in [0.4, 0.5) is 11.6 Å². The van der Waals surface area contributed by atoms with Crippen molar-refractivity contribution < 1.29 is 4.74 Å². The minimum atomic E-state index is 0.516. The number of nitrogens with one attached hydrogen (secondary N) is 1. The van der Waals surface area contributed by atoms with E-state index in [0.29, 0.717) is 6.10 Å². The van der Waals surface area contributed by atoms with Crippen LogP contribution in [0.3, 0.4) is 0 Å². The van der Waals surface area contributed by atoms with Gasteiger partial charge in [0, 0.05) is 32.3 Å². The lowest BCUT2D eigenvalue weighted by atomic mass is 10.0. The van der Waals surface area contributed by atoms with E-state index in [0.717, 1.165) is 50.2 Å². The SMILES string of the molecule is CC1CCCN(c2cc(NCCCOC3CCCC3)ncn2)C1. The molecular formula is C18H30N4O. The van der Waals surface area contributed by atoms with Crippen LogP contribution >= 0.6 is 0 Å². The van der Waals surface area contributed by atoms with E-state index in [-0.39, 0.29) is 0 Å². The summed E-state index contributed by atoms with van der Waals surface area (Å²) in [6.07, 6.45) is 11.0. The largest absolute Gasteiger partial charge is 0.378 e. The van der Waals surface area contributed by atoms with Gasteiger partial charge >= 0.3 is 0 Å². The molecule has 1 aliphatic heterocycles. The maximum Gasteiger partial charge on any atom is 0.134 e. The van der Waals surface area contributed by atoms with Crippen LogP contribution in [-0.4, -0.2) is 42.3 Å². The molecule has 3 rings (SSSR count). The summed E-state index contributed by atoms with van der Waals surface area (Å²) in [5.41, 5.74) is 0. The molecule has 0 aromatic carbocycles. The zero-order valence-corrected chi connectivity index (χ0v) is 14.3. The minimum absolute atomic E-state index is 0.516. The molecule has 1 unspecified atom stereocenters. The van der Waals surface area contributed by atoms with E-state index in [4.69, 9.17) is 4.74 Å². The molecule has 1 aromatic heterocycles. The Kier molecular flexibility index (Phi) is 6.08. The van der Waals surface area contributed by atoms with Gasteiger partial charge in [0.05, 0.1) is 6.10 Å². The van der Waals surface area contributed by atoms with Crippen molar-refractivity contribution in [3.63, 3.8) is 0 Å². The minimum Gasteiger partial charge on any atom is -0.378 e. The first-order valence-electron chi connectivity index (χ1n) is 9.24. The lowest BCUT2D eigenvalue weighted by molar-refractivity contribution is 0.0583. The highest BCUT2D eigenvalue weighted by atomic mass is 16.5. The van der Waals surface area contributed by atoms with E-state index in [1.807, 2.05) is 0 Å². The number of ether oxygens (including phenoxy) is 1. The normalized spacial score (nSPS) is 22.5. The quantitative estimate of drug-likeness (QED) is 0.780. The molecule has 128 valence electrons. The van der Waals surface area contributed by atoms with E-state index < -0.39 is 0 Å². The topological polar surface area (TPSA) is 50.3 Å². The van der Waals surface area contributed by atoms with Crippen LogP contribution in [0.2, 0.25) is 0 Å². The third kappa shape index (κ3) is 5.06. The molecule has 2 heterocycles. The van der Waals surface area contributed by atoms with Gasteiger partial charge in [-0.25, -0.2) is 9.97 Å². The maximum absolute atomic E-state index is 5.89. The summed E-state index contributed by atoms with van der Waals surface area (Å²) in [4.78, 5) is 11.2. The van der Waals surface area contributed by atoms with Gasteiger partial charge < -0.3 is 15.0 Å². The number of piperidine rings is 1. The van der Waals surface area contributed by atoms with E-state index in [1.165, 1.54) is 38.5 Å². The Morgan fingerprint density at radius 1 is 1.22 bits per heavy atom. The number of nitrogens with zero attached hydrogens (tertiary/aromatic N) is 3. The van der Waals surface area contributed by atoms with Gasteiger partial charge in [-0.15, -0.1) is 0 Å².